The number of nitrogens with zero attached hydrogens (tertiary/aromatic N) is 2. The third-order valence-electron chi connectivity index (χ3n) is 2.99. The molecule has 0 saturated heterocycles. The maximum Gasteiger partial charge on any atom is 0.310 e. The third kappa shape index (κ3) is 3.07. The topological polar surface area (TPSA) is 64.1 Å². The molecule has 0 bridgehead atoms. The predicted octanol–water partition coefficient (Wildman–Crippen LogP) is 2.92. The van der Waals surface area contributed by atoms with Gasteiger partial charge in [0, 0.05) is 6.54 Å². The Balaban J connectivity index is 2.17. The summed E-state index contributed by atoms with van der Waals surface area (Å²) in [4.78, 5) is 21.5. The van der Waals surface area contributed by atoms with Crippen molar-refractivity contribution in [3.8, 4) is 0 Å². The zero-order chi connectivity index (χ0) is 14.7. The van der Waals surface area contributed by atoms with Crippen LogP contribution in [-0.4, -0.2) is 29.1 Å². The number of rotatable bonds is 5. The van der Waals surface area contributed by atoms with Crippen LogP contribution in [0, 0.1) is 19.8 Å². The van der Waals surface area contributed by atoms with E-state index in [1.165, 1.54) is 0 Å². The van der Waals surface area contributed by atoms with Crippen molar-refractivity contribution in [3.05, 3.63) is 16.8 Å². The van der Waals surface area contributed by atoms with Gasteiger partial charge in [-0.25, -0.2) is 9.97 Å². The minimum absolute atomic E-state index is 0.191. The number of carbonyl (C=O) groups excluding carboxylic acids is 1. The predicted molar refractivity (Wildman–Crippen MR) is 81.2 cm³/mol. The van der Waals surface area contributed by atoms with Crippen molar-refractivity contribution in [3.63, 3.8) is 0 Å². The van der Waals surface area contributed by atoms with Gasteiger partial charge in [-0.1, -0.05) is 6.92 Å². The van der Waals surface area contributed by atoms with Gasteiger partial charge in [-0.3, -0.25) is 4.79 Å². The van der Waals surface area contributed by atoms with Crippen molar-refractivity contribution in [1.82, 2.24) is 9.97 Å². The molecule has 2 aromatic heterocycles. The Morgan fingerprint density at radius 3 is 2.90 bits per heavy atom. The molecule has 2 heterocycles. The van der Waals surface area contributed by atoms with Gasteiger partial charge in [-0.15, -0.1) is 11.3 Å². The van der Waals surface area contributed by atoms with Gasteiger partial charge >= 0.3 is 5.97 Å². The highest BCUT2D eigenvalue weighted by atomic mass is 32.1. The lowest BCUT2D eigenvalue weighted by Gasteiger charge is -2.13. The lowest BCUT2D eigenvalue weighted by molar-refractivity contribution is -0.146. The van der Waals surface area contributed by atoms with Crippen molar-refractivity contribution in [1.29, 1.82) is 0 Å². The Morgan fingerprint density at radius 1 is 1.45 bits per heavy atom. The number of aryl methyl sites for hydroxylation is 2. The number of aromatic nitrogens is 2. The van der Waals surface area contributed by atoms with Crippen LogP contribution >= 0.6 is 11.3 Å². The molecule has 0 aromatic carbocycles. The Morgan fingerprint density at radius 2 is 2.20 bits per heavy atom. The first-order valence-corrected chi connectivity index (χ1v) is 7.53. The van der Waals surface area contributed by atoms with E-state index in [4.69, 9.17) is 4.74 Å². The fourth-order valence-corrected chi connectivity index (χ4v) is 2.90. The molecule has 1 unspecified atom stereocenters. The highest BCUT2D eigenvalue weighted by molar-refractivity contribution is 7.17. The fraction of sp³-hybridized carbons (Fsp3) is 0.500. The molecule has 0 aliphatic rings. The van der Waals surface area contributed by atoms with Crippen LogP contribution in [-0.2, 0) is 9.53 Å². The molecule has 0 spiro atoms. The molecule has 1 atom stereocenters. The number of fused-ring (bicyclic) bond motifs is 1. The van der Waals surface area contributed by atoms with Crippen LogP contribution < -0.4 is 5.32 Å². The average Bonchev–Trinajstić information content (AvgIpc) is 2.77. The molecule has 20 heavy (non-hydrogen) atoms. The maximum atomic E-state index is 11.6. The summed E-state index contributed by atoms with van der Waals surface area (Å²) in [6.07, 6.45) is 0. The second kappa shape index (κ2) is 6.17. The van der Waals surface area contributed by atoms with Gasteiger partial charge in [0.15, 0.2) is 0 Å². The molecule has 2 aromatic rings. The van der Waals surface area contributed by atoms with E-state index < -0.39 is 0 Å². The van der Waals surface area contributed by atoms with Crippen LogP contribution in [0.1, 0.15) is 25.2 Å². The minimum Gasteiger partial charge on any atom is -0.466 e. The van der Waals surface area contributed by atoms with Crippen LogP contribution in [0.4, 0.5) is 5.82 Å². The van der Waals surface area contributed by atoms with Gasteiger partial charge < -0.3 is 10.1 Å². The lowest BCUT2D eigenvalue weighted by atomic mass is 10.2. The van der Waals surface area contributed by atoms with Crippen LogP contribution in [0.5, 0.6) is 0 Å². The number of ether oxygens (including phenoxy) is 1. The van der Waals surface area contributed by atoms with E-state index in [2.05, 4.69) is 20.7 Å². The molecular weight excluding hydrogens is 274 g/mol. The van der Waals surface area contributed by atoms with Gasteiger partial charge in [0.2, 0.25) is 0 Å². The molecule has 5 nitrogen and oxygen atoms in total. The molecule has 0 aliphatic heterocycles. The normalized spacial score (nSPS) is 12.4. The van der Waals surface area contributed by atoms with Gasteiger partial charge in [-0.2, -0.15) is 0 Å². The number of anilines is 1. The second-order valence-electron chi connectivity index (χ2n) is 4.75. The Kier molecular flexibility index (Phi) is 4.54. The summed E-state index contributed by atoms with van der Waals surface area (Å²) in [7, 11) is 0. The van der Waals surface area contributed by atoms with E-state index in [0.717, 1.165) is 27.4 Å². The number of esters is 1. The summed E-state index contributed by atoms with van der Waals surface area (Å²) in [6.45, 7) is 8.47. The number of nitrogens with one attached hydrogen (secondary N) is 1. The van der Waals surface area contributed by atoms with Crippen molar-refractivity contribution in [2.45, 2.75) is 27.7 Å². The standard InChI is InChI=1S/C14H19N3O2S/c1-5-19-14(18)8(2)6-15-12-11-9(3)7-20-13(11)17-10(4)16-12/h7-8H,5-6H2,1-4H3,(H,15,16,17). The van der Waals surface area contributed by atoms with E-state index in [1.807, 2.05) is 27.7 Å². The zero-order valence-electron chi connectivity index (χ0n) is 12.2. The van der Waals surface area contributed by atoms with Gasteiger partial charge in [-0.05, 0) is 31.7 Å². The first kappa shape index (κ1) is 14.7. The molecule has 108 valence electrons. The van der Waals surface area contributed by atoms with E-state index in [-0.39, 0.29) is 11.9 Å². The molecule has 6 heteroatoms. The molecule has 0 amide bonds. The van der Waals surface area contributed by atoms with Crippen molar-refractivity contribution in [2.75, 3.05) is 18.5 Å². The van der Waals surface area contributed by atoms with Crippen LogP contribution in [0.2, 0.25) is 0 Å². The molecule has 1 N–H and O–H groups in total. The van der Waals surface area contributed by atoms with Crippen LogP contribution in [0.25, 0.3) is 10.2 Å². The van der Waals surface area contributed by atoms with Crippen molar-refractivity contribution in [2.24, 2.45) is 5.92 Å². The largest absolute Gasteiger partial charge is 0.466 e. The number of carbonyl (C=O) groups is 1. The molecule has 0 radical (unpaired) electrons. The van der Waals surface area contributed by atoms with E-state index >= 15 is 0 Å². The zero-order valence-corrected chi connectivity index (χ0v) is 13.0. The smallest absolute Gasteiger partial charge is 0.310 e. The Labute approximate surface area is 122 Å². The number of hydrogen-bond donors (Lipinski definition) is 1. The van der Waals surface area contributed by atoms with Crippen LogP contribution in [0.3, 0.4) is 0 Å². The highest BCUT2D eigenvalue weighted by Crippen LogP contribution is 2.29. The summed E-state index contributed by atoms with van der Waals surface area (Å²) in [5, 5.41) is 6.36. The number of thiophene rings is 1. The molecule has 0 saturated carbocycles. The van der Waals surface area contributed by atoms with Gasteiger partial charge in [0.05, 0.1) is 17.9 Å². The van der Waals surface area contributed by atoms with E-state index in [0.29, 0.717) is 13.2 Å². The molecular formula is C14H19N3O2S. The molecule has 2 rings (SSSR count). The molecule has 0 fully saturated rings. The Hall–Kier alpha value is -1.69. The summed E-state index contributed by atoms with van der Waals surface area (Å²) in [5.74, 6) is 1.12. The summed E-state index contributed by atoms with van der Waals surface area (Å²) in [6, 6.07) is 0. The lowest BCUT2D eigenvalue weighted by Crippen LogP contribution is -2.23. The van der Waals surface area contributed by atoms with E-state index in [1.54, 1.807) is 11.3 Å². The average molecular weight is 293 g/mol. The van der Waals surface area contributed by atoms with Crippen molar-refractivity contribution >= 4 is 33.3 Å². The highest BCUT2D eigenvalue weighted by Gasteiger charge is 2.16. The summed E-state index contributed by atoms with van der Waals surface area (Å²) < 4.78 is 5.00. The van der Waals surface area contributed by atoms with E-state index in [9.17, 15) is 4.79 Å². The molecule has 0 aliphatic carbocycles. The number of hydrogen-bond acceptors (Lipinski definition) is 6. The SMILES string of the molecule is CCOC(=O)C(C)CNc1nc(C)nc2scc(C)c12. The fourth-order valence-electron chi connectivity index (χ4n) is 1.94. The second-order valence-corrected chi connectivity index (χ2v) is 5.61. The van der Waals surface area contributed by atoms with Gasteiger partial charge in [0.25, 0.3) is 0 Å². The quantitative estimate of drug-likeness (QED) is 0.859. The monoisotopic (exact) mass is 293 g/mol. The summed E-state index contributed by atoms with van der Waals surface area (Å²) >= 11 is 1.61. The Bertz CT molecular complexity index is 624. The third-order valence-corrected chi connectivity index (χ3v) is 3.98. The minimum atomic E-state index is -0.209. The van der Waals surface area contributed by atoms with Crippen LogP contribution in [0.15, 0.2) is 5.38 Å². The van der Waals surface area contributed by atoms with Gasteiger partial charge in [0.1, 0.15) is 16.5 Å². The first-order chi connectivity index (χ1) is 9.52. The summed E-state index contributed by atoms with van der Waals surface area (Å²) in [5.41, 5.74) is 1.15. The first-order valence-electron chi connectivity index (χ1n) is 6.65. The van der Waals surface area contributed by atoms with Crippen molar-refractivity contribution < 1.29 is 9.53 Å². The maximum absolute atomic E-state index is 11.6.